The average Bonchev–Trinajstić information content (AvgIpc) is 2.30. The number of fused-ring (bicyclic) bond motifs is 1. The minimum absolute atomic E-state index is 0.0522. The molecule has 2 rings (SSSR count). The van der Waals surface area contributed by atoms with Crippen molar-refractivity contribution in [3.05, 3.63) is 18.3 Å². The van der Waals surface area contributed by atoms with Gasteiger partial charge in [-0.25, -0.2) is 0 Å². The Balaban J connectivity index is 0.000000196. The smallest absolute Gasteiger partial charge is 0.305 e. The fourth-order valence-electron chi connectivity index (χ4n) is 1.48. The molecular formula is C14H21NO2. The van der Waals surface area contributed by atoms with Gasteiger partial charge in [0.15, 0.2) is 0 Å². The molecular weight excluding hydrogens is 214 g/mol. The molecule has 0 saturated heterocycles. The van der Waals surface area contributed by atoms with Crippen molar-refractivity contribution in [1.29, 1.82) is 0 Å². The summed E-state index contributed by atoms with van der Waals surface area (Å²) < 4.78 is 4.78. The van der Waals surface area contributed by atoms with E-state index in [1.54, 1.807) is 0 Å². The van der Waals surface area contributed by atoms with Crippen molar-refractivity contribution in [2.24, 2.45) is 0 Å². The molecule has 0 atom stereocenters. The Hall–Kier alpha value is -1.38. The van der Waals surface area contributed by atoms with Gasteiger partial charge in [0.05, 0.1) is 12.3 Å². The Bertz CT molecular complexity index is 312. The third-order valence-electron chi connectivity index (χ3n) is 2.60. The van der Waals surface area contributed by atoms with Crippen molar-refractivity contribution in [2.75, 3.05) is 6.61 Å². The van der Waals surface area contributed by atoms with E-state index in [1.807, 2.05) is 19.2 Å². The van der Waals surface area contributed by atoms with Crippen LogP contribution in [0.15, 0.2) is 18.3 Å². The molecule has 0 unspecified atom stereocenters. The summed E-state index contributed by atoms with van der Waals surface area (Å²) in [6.45, 7) is 4.50. The average molecular weight is 235 g/mol. The number of hydrogen-bond donors (Lipinski definition) is 0. The predicted octanol–water partition coefficient (Wildman–Crippen LogP) is 3.58. The van der Waals surface area contributed by atoms with Crippen molar-refractivity contribution in [3.63, 3.8) is 0 Å². The molecule has 0 saturated carbocycles. The fraction of sp³-hybridized carbons (Fsp3) is 0.571. The molecule has 0 amide bonds. The monoisotopic (exact) mass is 235 g/mol. The predicted molar refractivity (Wildman–Crippen MR) is 68.6 cm³/mol. The van der Waals surface area contributed by atoms with Crippen LogP contribution in [0.5, 0.6) is 0 Å². The Morgan fingerprint density at radius 3 is 2.35 bits per heavy atom. The van der Waals surface area contributed by atoms with Crippen LogP contribution in [-0.4, -0.2) is 17.6 Å². The lowest BCUT2D eigenvalue weighted by molar-refractivity contribution is -0.143. The van der Waals surface area contributed by atoms with Gasteiger partial charge in [-0.1, -0.05) is 26.2 Å². The number of esters is 1. The standard InChI is InChI=1S/C9H18O2.C5H3N/c1-3-5-6-7-8-9(10)11-4-2;1-2-5-4(1)3-6-5/h3-8H2,1-2H3;1-3H. The van der Waals surface area contributed by atoms with Gasteiger partial charge in [0.2, 0.25) is 0 Å². The molecule has 17 heavy (non-hydrogen) atoms. The lowest BCUT2D eigenvalue weighted by Crippen LogP contribution is -2.02. The summed E-state index contributed by atoms with van der Waals surface area (Å²) in [5, 5.41) is 0. The molecule has 1 heterocycles. The first kappa shape index (κ1) is 13.7. The van der Waals surface area contributed by atoms with Crippen LogP contribution in [0.3, 0.4) is 0 Å². The second-order valence-corrected chi connectivity index (χ2v) is 4.05. The van der Waals surface area contributed by atoms with Crippen LogP contribution in [0.4, 0.5) is 0 Å². The van der Waals surface area contributed by atoms with E-state index in [0.717, 1.165) is 12.8 Å². The van der Waals surface area contributed by atoms with E-state index < -0.39 is 0 Å². The molecule has 0 fully saturated rings. The van der Waals surface area contributed by atoms with Crippen molar-refractivity contribution in [2.45, 2.75) is 46.0 Å². The van der Waals surface area contributed by atoms with E-state index in [2.05, 4.69) is 18.0 Å². The van der Waals surface area contributed by atoms with Crippen LogP contribution < -0.4 is 0 Å². The summed E-state index contributed by atoms with van der Waals surface area (Å²) in [6.07, 6.45) is 7.02. The highest BCUT2D eigenvalue weighted by atomic mass is 16.5. The summed E-state index contributed by atoms with van der Waals surface area (Å²) >= 11 is 0. The Morgan fingerprint density at radius 2 is 2.00 bits per heavy atom. The summed E-state index contributed by atoms with van der Waals surface area (Å²) in [5.74, 6) is -0.0522. The van der Waals surface area contributed by atoms with Gasteiger partial charge in [0.1, 0.15) is 0 Å². The zero-order valence-corrected chi connectivity index (χ0v) is 10.7. The van der Waals surface area contributed by atoms with Gasteiger partial charge in [-0.05, 0) is 25.5 Å². The van der Waals surface area contributed by atoms with E-state index in [9.17, 15) is 4.79 Å². The SMILES string of the molecule is CCCCCCC(=O)OCC.c1cc2ncc1-2. The number of hydrogen-bond acceptors (Lipinski definition) is 3. The van der Waals surface area contributed by atoms with E-state index in [1.165, 1.54) is 24.1 Å². The molecule has 3 heteroatoms. The van der Waals surface area contributed by atoms with Gasteiger partial charge in [0, 0.05) is 18.2 Å². The van der Waals surface area contributed by atoms with Crippen molar-refractivity contribution in [3.8, 4) is 11.3 Å². The van der Waals surface area contributed by atoms with Crippen molar-refractivity contribution < 1.29 is 9.53 Å². The molecule has 0 bridgehead atoms. The third kappa shape index (κ3) is 4.98. The van der Waals surface area contributed by atoms with Gasteiger partial charge >= 0.3 is 5.97 Å². The maximum absolute atomic E-state index is 10.8. The van der Waals surface area contributed by atoms with Crippen LogP contribution in [0.25, 0.3) is 11.3 Å². The zero-order chi connectivity index (χ0) is 12.5. The molecule has 1 aliphatic carbocycles. The maximum atomic E-state index is 10.8. The lowest BCUT2D eigenvalue weighted by Gasteiger charge is -2.08. The van der Waals surface area contributed by atoms with Crippen LogP contribution >= 0.6 is 0 Å². The minimum atomic E-state index is -0.0522. The number of carbonyl (C=O) groups excluding carboxylic acids is 1. The highest BCUT2D eigenvalue weighted by Crippen LogP contribution is 2.25. The molecule has 94 valence electrons. The Morgan fingerprint density at radius 1 is 1.24 bits per heavy atom. The first-order chi connectivity index (χ1) is 8.27. The molecule has 0 aromatic carbocycles. The number of carbonyl (C=O) groups is 1. The second-order valence-electron chi connectivity index (χ2n) is 4.05. The quantitative estimate of drug-likeness (QED) is 0.567. The lowest BCUT2D eigenvalue weighted by atomic mass is 10.1. The van der Waals surface area contributed by atoms with E-state index in [0.29, 0.717) is 13.0 Å². The molecule has 0 spiro atoms. The van der Waals surface area contributed by atoms with Crippen molar-refractivity contribution in [1.82, 2.24) is 4.98 Å². The third-order valence-corrected chi connectivity index (χ3v) is 2.60. The zero-order valence-electron chi connectivity index (χ0n) is 10.7. The topological polar surface area (TPSA) is 39.2 Å². The molecule has 0 aromatic heterocycles. The van der Waals surface area contributed by atoms with Gasteiger partial charge in [-0.3, -0.25) is 9.78 Å². The number of nitrogens with zero attached hydrogens (tertiary/aromatic N) is 1. The highest BCUT2D eigenvalue weighted by Gasteiger charge is 2.06. The van der Waals surface area contributed by atoms with Crippen LogP contribution in [0, 0.1) is 0 Å². The summed E-state index contributed by atoms with van der Waals surface area (Å²) in [5.41, 5.74) is 2.49. The van der Waals surface area contributed by atoms with E-state index in [4.69, 9.17) is 4.74 Å². The van der Waals surface area contributed by atoms with Gasteiger partial charge in [-0.15, -0.1) is 0 Å². The maximum Gasteiger partial charge on any atom is 0.305 e. The molecule has 0 aromatic rings. The molecule has 2 aliphatic rings. The van der Waals surface area contributed by atoms with Crippen LogP contribution in [-0.2, 0) is 9.53 Å². The number of ether oxygens (including phenoxy) is 1. The minimum Gasteiger partial charge on any atom is -0.466 e. The van der Waals surface area contributed by atoms with Gasteiger partial charge in [-0.2, -0.15) is 0 Å². The molecule has 0 radical (unpaired) electrons. The van der Waals surface area contributed by atoms with E-state index in [-0.39, 0.29) is 5.97 Å². The number of aromatic nitrogens is 1. The molecule has 1 aliphatic heterocycles. The van der Waals surface area contributed by atoms with E-state index >= 15 is 0 Å². The normalized spacial score (nSPS) is 10.2. The van der Waals surface area contributed by atoms with Gasteiger partial charge < -0.3 is 4.74 Å². The molecule has 0 N–H and O–H groups in total. The molecule has 3 nitrogen and oxygen atoms in total. The van der Waals surface area contributed by atoms with Gasteiger partial charge in [0.25, 0.3) is 0 Å². The number of unbranched alkanes of at least 4 members (excludes halogenated alkanes) is 3. The fourth-order valence-corrected chi connectivity index (χ4v) is 1.48. The second kappa shape index (κ2) is 7.82. The Labute approximate surface area is 103 Å². The number of pyridine rings is 1. The highest BCUT2D eigenvalue weighted by molar-refractivity contribution is 5.69. The van der Waals surface area contributed by atoms with Crippen LogP contribution in [0.2, 0.25) is 0 Å². The summed E-state index contributed by atoms with van der Waals surface area (Å²) in [4.78, 5) is 14.7. The Kier molecular flexibility index (Phi) is 6.30. The largest absolute Gasteiger partial charge is 0.466 e. The first-order valence-electron chi connectivity index (χ1n) is 6.40. The van der Waals surface area contributed by atoms with Crippen LogP contribution in [0.1, 0.15) is 46.0 Å². The first-order valence-corrected chi connectivity index (χ1v) is 6.40. The summed E-state index contributed by atoms with van der Waals surface area (Å²) in [6, 6.07) is 4.07. The number of rotatable bonds is 6. The van der Waals surface area contributed by atoms with Crippen molar-refractivity contribution >= 4 is 5.97 Å². The summed E-state index contributed by atoms with van der Waals surface area (Å²) in [7, 11) is 0.